The number of hydrogen-bond donors (Lipinski definition) is 1. The van der Waals surface area contributed by atoms with Gasteiger partial charge in [0.2, 0.25) is 5.95 Å². The maximum atomic E-state index is 13.6. The van der Waals surface area contributed by atoms with Gasteiger partial charge in [-0.25, -0.2) is 9.37 Å². The average Bonchev–Trinajstić information content (AvgIpc) is 2.46. The summed E-state index contributed by atoms with van der Waals surface area (Å²) in [5, 5.41) is 0. The Kier molecular flexibility index (Phi) is 3.83. The Labute approximate surface area is 128 Å². The van der Waals surface area contributed by atoms with E-state index >= 15 is 0 Å². The molecule has 2 N–H and O–H groups in total. The predicted molar refractivity (Wildman–Crippen MR) is 83.6 cm³/mol. The summed E-state index contributed by atoms with van der Waals surface area (Å²) < 4.78 is 19.2. The van der Waals surface area contributed by atoms with Crippen LogP contribution in [0.5, 0.6) is 5.75 Å². The van der Waals surface area contributed by atoms with E-state index in [-0.39, 0.29) is 17.9 Å². The lowest BCUT2D eigenvalue weighted by Gasteiger charge is -2.40. The Balaban J connectivity index is 1.69. The van der Waals surface area contributed by atoms with Gasteiger partial charge in [-0.1, -0.05) is 19.1 Å². The second-order valence-electron chi connectivity index (χ2n) is 5.41. The third kappa shape index (κ3) is 2.68. The molecule has 2 aromatic rings. The quantitative estimate of drug-likeness (QED) is 0.939. The van der Waals surface area contributed by atoms with Crippen LogP contribution in [0, 0.1) is 12.7 Å². The van der Waals surface area contributed by atoms with Gasteiger partial charge in [-0.3, -0.25) is 0 Å². The zero-order valence-electron chi connectivity index (χ0n) is 12.7. The fourth-order valence-electron chi connectivity index (χ4n) is 2.63. The Morgan fingerprint density at radius 3 is 2.73 bits per heavy atom. The van der Waals surface area contributed by atoms with Crippen LogP contribution in [0.15, 0.2) is 24.3 Å². The van der Waals surface area contributed by atoms with E-state index < -0.39 is 0 Å². The summed E-state index contributed by atoms with van der Waals surface area (Å²) in [5.74, 6) is 1.09. The first-order valence-corrected chi connectivity index (χ1v) is 7.37. The molecule has 0 unspecified atom stereocenters. The molecule has 22 heavy (non-hydrogen) atoms. The topological polar surface area (TPSA) is 64.3 Å². The minimum atomic E-state index is -0.336. The van der Waals surface area contributed by atoms with Crippen LogP contribution < -0.4 is 15.4 Å². The number of halogens is 1. The first-order valence-electron chi connectivity index (χ1n) is 7.37. The van der Waals surface area contributed by atoms with E-state index in [0.29, 0.717) is 18.8 Å². The van der Waals surface area contributed by atoms with E-state index in [1.807, 2.05) is 13.8 Å². The van der Waals surface area contributed by atoms with Gasteiger partial charge in [-0.05, 0) is 25.5 Å². The lowest BCUT2D eigenvalue weighted by molar-refractivity contribution is 0.160. The smallest absolute Gasteiger partial charge is 0.222 e. The van der Waals surface area contributed by atoms with Gasteiger partial charge in [-0.2, -0.15) is 4.98 Å². The number of nitrogens with zero attached hydrogens (tertiary/aromatic N) is 3. The Morgan fingerprint density at radius 2 is 2.05 bits per heavy atom. The van der Waals surface area contributed by atoms with E-state index in [2.05, 4.69) is 14.9 Å². The van der Waals surface area contributed by atoms with Crippen LogP contribution in [0.4, 0.5) is 16.2 Å². The first kappa shape index (κ1) is 14.6. The van der Waals surface area contributed by atoms with Gasteiger partial charge in [-0.15, -0.1) is 0 Å². The first-order chi connectivity index (χ1) is 10.6. The molecule has 0 radical (unpaired) electrons. The normalized spacial score (nSPS) is 14.8. The second kappa shape index (κ2) is 5.79. The molecule has 2 heterocycles. The number of hydrogen-bond acceptors (Lipinski definition) is 5. The number of aromatic nitrogens is 2. The van der Waals surface area contributed by atoms with E-state index in [0.717, 1.165) is 23.5 Å². The summed E-state index contributed by atoms with van der Waals surface area (Å²) in [5.41, 5.74) is 7.77. The molecule has 1 aliphatic rings. The second-order valence-corrected chi connectivity index (χ2v) is 5.41. The van der Waals surface area contributed by atoms with E-state index in [1.54, 1.807) is 18.2 Å². The fourth-order valence-corrected chi connectivity index (χ4v) is 2.63. The molecule has 1 saturated heterocycles. The van der Waals surface area contributed by atoms with Crippen molar-refractivity contribution in [2.24, 2.45) is 0 Å². The maximum Gasteiger partial charge on any atom is 0.222 e. The van der Waals surface area contributed by atoms with Crippen molar-refractivity contribution < 1.29 is 9.13 Å². The zero-order chi connectivity index (χ0) is 15.7. The van der Waals surface area contributed by atoms with Crippen molar-refractivity contribution in [3.8, 4) is 5.75 Å². The van der Waals surface area contributed by atoms with E-state index in [1.165, 1.54) is 6.07 Å². The number of para-hydroxylation sites is 1. The molecule has 0 atom stereocenters. The molecular formula is C16H19FN4O. The van der Waals surface area contributed by atoms with Gasteiger partial charge < -0.3 is 15.4 Å². The van der Waals surface area contributed by atoms with E-state index in [4.69, 9.17) is 10.5 Å². The third-order valence-corrected chi connectivity index (χ3v) is 3.85. The number of ether oxygens (including phenoxy) is 1. The molecule has 0 saturated carbocycles. The molecule has 0 amide bonds. The average molecular weight is 302 g/mol. The van der Waals surface area contributed by atoms with Crippen molar-refractivity contribution in [1.29, 1.82) is 0 Å². The lowest BCUT2D eigenvalue weighted by atomic mass is 10.1. The van der Waals surface area contributed by atoms with Crippen LogP contribution in [0.25, 0.3) is 0 Å². The van der Waals surface area contributed by atoms with Gasteiger partial charge in [0.15, 0.2) is 11.6 Å². The number of rotatable bonds is 4. The van der Waals surface area contributed by atoms with Crippen molar-refractivity contribution in [1.82, 2.24) is 9.97 Å². The SMILES string of the molecule is CCc1nc(N)nc(N2CC(Oc3ccccc3F)C2)c1C. The summed E-state index contributed by atoms with van der Waals surface area (Å²) in [6.07, 6.45) is 0.770. The number of anilines is 2. The standard InChI is InChI=1S/C16H19FN4O/c1-3-13-10(2)15(20-16(18)19-13)21-8-11(9-21)22-14-7-5-4-6-12(14)17/h4-7,11H,3,8-9H2,1-2H3,(H2,18,19,20). The number of nitrogens with two attached hydrogens (primary N) is 1. The molecule has 1 aromatic carbocycles. The van der Waals surface area contributed by atoms with Gasteiger partial charge in [0.25, 0.3) is 0 Å². The van der Waals surface area contributed by atoms with Gasteiger partial charge in [0.05, 0.1) is 18.8 Å². The highest BCUT2D eigenvalue weighted by Crippen LogP contribution is 2.28. The number of aryl methyl sites for hydroxylation is 1. The van der Waals surface area contributed by atoms with Crippen LogP contribution in [0.1, 0.15) is 18.2 Å². The molecule has 0 spiro atoms. The summed E-state index contributed by atoms with van der Waals surface area (Å²) >= 11 is 0. The van der Waals surface area contributed by atoms with Gasteiger partial charge in [0, 0.05) is 5.56 Å². The number of nitrogen functional groups attached to an aromatic ring is 1. The van der Waals surface area contributed by atoms with Crippen LogP contribution in [-0.2, 0) is 6.42 Å². The predicted octanol–water partition coefficient (Wildman–Crippen LogP) is 2.34. The molecule has 5 nitrogen and oxygen atoms in total. The summed E-state index contributed by atoms with van der Waals surface area (Å²) in [6.45, 7) is 5.36. The lowest BCUT2D eigenvalue weighted by Crippen LogP contribution is -2.54. The Bertz CT molecular complexity index is 686. The highest BCUT2D eigenvalue weighted by molar-refractivity contribution is 5.53. The van der Waals surface area contributed by atoms with Crippen LogP contribution in [0.2, 0.25) is 0 Å². The Hall–Kier alpha value is -2.37. The molecule has 6 heteroatoms. The number of benzene rings is 1. The van der Waals surface area contributed by atoms with Crippen LogP contribution in [0.3, 0.4) is 0 Å². The fraction of sp³-hybridized carbons (Fsp3) is 0.375. The third-order valence-electron chi connectivity index (χ3n) is 3.85. The maximum absolute atomic E-state index is 13.6. The highest BCUT2D eigenvalue weighted by atomic mass is 19.1. The highest BCUT2D eigenvalue weighted by Gasteiger charge is 2.31. The minimum Gasteiger partial charge on any atom is -0.484 e. The summed E-state index contributed by atoms with van der Waals surface area (Å²) in [6, 6.07) is 6.45. The van der Waals surface area contributed by atoms with E-state index in [9.17, 15) is 4.39 Å². The molecule has 116 valence electrons. The molecule has 3 rings (SSSR count). The van der Waals surface area contributed by atoms with Gasteiger partial charge >= 0.3 is 0 Å². The van der Waals surface area contributed by atoms with Crippen molar-refractivity contribution >= 4 is 11.8 Å². The molecule has 1 aromatic heterocycles. The van der Waals surface area contributed by atoms with Crippen molar-refractivity contribution in [2.75, 3.05) is 23.7 Å². The van der Waals surface area contributed by atoms with Crippen LogP contribution >= 0.6 is 0 Å². The zero-order valence-corrected chi connectivity index (χ0v) is 12.7. The molecule has 0 bridgehead atoms. The summed E-state index contributed by atoms with van der Waals surface area (Å²) in [7, 11) is 0. The molecule has 1 fully saturated rings. The van der Waals surface area contributed by atoms with Gasteiger partial charge in [0.1, 0.15) is 11.9 Å². The molecular weight excluding hydrogens is 283 g/mol. The largest absolute Gasteiger partial charge is 0.484 e. The van der Waals surface area contributed by atoms with Crippen molar-refractivity contribution in [2.45, 2.75) is 26.4 Å². The summed E-state index contributed by atoms with van der Waals surface area (Å²) in [4.78, 5) is 10.7. The monoisotopic (exact) mass is 302 g/mol. The Morgan fingerprint density at radius 1 is 1.32 bits per heavy atom. The minimum absolute atomic E-state index is 0.0439. The van der Waals surface area contributed by atoms with Crippen molar-refractivity contribution in [3.05, 3.63) is 41.3 Å². The molecule has 0 aliphatic carbocycles. The van der Waals surface area contributed by atoms with Crippen molar-refractivity contribution in [3.63, 3.8) is 0 Å². The molecule has 1 aliphatic heterocycles. The van der Waals surface area contributed by atoms with Crippen LogP contribution in [-0.4, -0.2) is 29.2 Å².